The van der Waals surface area contributed by atoms with Crippen molar-refractivity contribution in [2.45, 2.75) is 6.42 Å². The molecule has 0 N–H and O–H groups in total. The Morgan fingerprint density at radius 3 is 3.00 bits per heavy atom. The molecule has 0 bridgehead atoms. The lowest BCUT2D eigenvalue weighted by atomic mass is 10.0. The first-order valence-corrected chi connectivity index (χ1v) is 3.88. The summed E-state index contributed by atoms with van der Waals surface area (Å²) in [6.07, 6.45) is 4.32. The van der Waals surface area contributed by atoms with E-state index in [1.165, 1.54) is 11.3 Å². The summed E-state index contributed by atoms with van der Waals surface area (Å²) in [5, 5.41) is 0. The normalized spacial score (nSPS) is 16.3. The molecule has 2 rings (SSSR count). The van der Waals surface area contributed by atoms with Crippen LogP contribution in [0, 0.1) is 6.42 Å². The van der Waals surface area contributed by atoms with Gasteiger partial charge >= 0.3 is 0 Å². The maximum absolute atomic E-state index is 3.32. The van der Waals surface area contributed by atoms with E-state index in [4.69, 9.17) is 0 Å². The van der Waals surface area contributed by atoms with Crippen LogP contribution in [0.5, 0.6) is 0 Å². The summed E-state index contributed by atoms with van der Waals surface area (Å²) in [6, 6.07) is 8.49. The molecule has 2 radical (unpaired) electrons. The highest BCUT2D eigenvalue weighted by Crippen LogP contribution is 2.24. The standard InChI is InChI=1S/C10H11N/c1-11-8-4-6-9-5-2-3-7-10(9)11/h2-3,5,7H,6,8H2,1H3. The summed E-state index contributed by atoms with van der Waals surface area (Å²) in [4.78, 5) is 2.22. The van der Waals surface area contributed by atoms with Gasteiger partial charge in [-0.25, -0.2) is 0 Å². The number of hydrogen-bond donors (Lipinski definition) is 0. The van der Waals surface area contributed by atoms with Crippen molar-refractivity contribution in [3.8, 4) is 0 Å². The molecule has 0 aromatic heterocycles. The van der Waals surface area contributed by atoms with Crippen molar-refractivity contribution in [3.05, 3.63) is 36.2 Å². The fraction of sp³-hybridized carbons (Fsp3) is 0.300. The maximum atomic E-state index is 3.32. The monoisotopic (exact) mass is 145 g/mol. The van der Waals surface area contributed by atoms with Crippen LogP contribution in [-0.4, -0.2) is 13.6 Å². The molecule has 56 valence electrons. The van der Waals surface area contributed by atoms with Crippen molar-refractivity contribution < 1.29 is 0 Å². The number of rotatable bonds is 0. The molecule has 1 aromatic carbocycles. The molecule has 0 amide bonds. The number of benzene rings is 1. The lowest BCUT2D eigenvalue weighted by molar-refractivity contribution is 0.884. The minimum Gasteiger partial charge on any atom is -0.374 e. The molecule has 1 aliphatic rings. The largest absolute Gasteiger partial charge is 0.374 e. The van der Waals surface area contributed by atoms with Crippen LogP contribution >= 0.6 is 0 Å². The summed E-state index contributed by atoms with van der Waals surface area (Å²) in [7, 11) is 2.10. The van der Waals surface area contributed by atoms with E-state index < -0.39 is 0 Å². The van der Waals surface area contributed by atoms with Crippen LogP contribution in [-0.2, 0) is 6.42 Å². The second-order valence-electron chi connectivity index (χ2n) is 2.91. The van der Waals surface area contributed by atoms with Crippen LogP contribution in [0.4, 0.5) is 5.69 Å². The summed E-state index contributed by atoms with van der Waals surface area (Å²) in [5.41, 5.74) is 2.74. The lowest BCUT2D eigenvalue weighted by Crippen LogP contribution is -2.24. The van der Waals surface area contributed by atoms with Gasteiger partial charge in [0.1, 0.15) is 0 Å². The van der Waals surface area contributed by atoms with Crippen molar-refractivity contribution >= 4 is 5.69 Å². The van der Waals surface area contributed by atoms with Gasteiger partial charge in [0.2, 0.25) is 0 Å². The van der Waals surface area contributed by atoms with Gasteiger partial charge in [0.25, 0.3) is 0 Å². The highest BCUT2D eigenvalue weighted by molar-refractivity contribution is 5.55. The van der Waals surface area contributed by atoms with Crippen LogP contribution in [0.3, 0.4) is 0 Å². The van der Waals surface area contributed by atoms with Crippen molar-refractivity contribution in [1.82, 2.24) is 0 Å². The first-order chi connectivity index (χ1) is 5.38. The van der Waals surface area contributed by atoms with Gasteiger partial charge in [0.15, 0.2) is 0 Å². The van der Waals surface area contributed by atoms with E-state index in [2.05, 4.69) is 42.6 Å². The van der Waals surface area contributed by atoms with Crippen LogP contribution in [0.2, 0.25) is 0 Å². The summed E-state index contributed by atoms with van der Waals surface area (Å²) >= 11 is 0. The second kappa shape index (κ2) is 2.57. The van der Waals surface area contributed by atoms with Crippen LogP contribution in [0.1, 0.15) is 5.56 Å². The molecule has 0 aliphatic carbocycles. The van der Waals surface area contributed by atoms with Crippen molar-refractivity contribution in [2.75, 3.05) is 18.5 Å². The second-order valence-corrected chi connectivity index (χ2v) is 2.91. The van der Waals surface area contributed by atoms with Gasteiger partial charge in [0.05, 0.1) is 0 Å². The number of para-hydroxylation sites is 1. The summed E-state index contributed by atoms with van der Waals surface area (Å²) in [6.45, 7) is 0.955. The third kappa shape index (κ3) is 1.11. The number of hydrogen-bond acceptors (Lipinski definition) is 1. The average Bonchev–Trinajstić information content (AvgIpc) is 2.06. The van der Waals surface area contributed by atoms with E-state index >= 15 is 0 Å². The number of anilines is 1. The first kappa shape index (κ1) is 6.71. The van der Waals surface area contributed by atoms with E-state index in [1.54, 1.807) is 0 Å². The van der Waals surface area contributed by atoms with Crippen LogP contribution < -0.4 is 4.90 Å². The molecule has 1 nitrogen and oxygen atoms in total. The van der Waals surface area contributed by atoms with Gasteiger partial charge in [-0.15, -0.1) is 0 Å². The van der Waals surface area contributed by atoms with Gasteiger partial charge in [0, 0.05) is 25.7 Å². The van der Waals surface area contributed by atoms with Crippen molar-refractivity contribution in [3.63, 3.8) is 0 Å². The van der Waals surface area contributed by atoms with Gasteiger partial charge < -0.3 is 4.90 Å². The van der Waals surface area contributed by atoms with Crippen LogP contribution in [0.15, 0.2) is 24.3 Å². The summed E-state index contributed by atoms with van der Waals surface area (Å²) < 4.78 is 0. The molecule has 1 aliphatic heterocycles. The lowest BCUT2D eigenvalue weighted by Gasteiger charge is -2.26. The maximum Gasteiger partial charge on any atom is 0.0396 e. The molecule has 0 spiro atoms. The molecule has 0 saturated carbocycles. The van der Waals surface area contributed by atoms with Crippen molar-refractivity contribution in [1.29, 1.82) is 0 Å². The molecule has 0 fully saturated rings. The molecule has 11 heavy (non-hydrogen) atoms. The molecular formula is C10H11N. The Bertz CT molecular complexity index is 255. The molecule has 1 heteroatoms. The Balaban J connectivity index is 2.44. The van der Waals surface area contributed by atoms with Crippen LogP contribution in [0.25, 0.3) is 0 Å². The first-order valence-electron chi connectivity index (χ1n) is 3.88. The minimum absolute atomic E-state index is 0.955. The van der Waals surface area contributed by atoms with E-state index in [9.17, 15) is 0 Å². The zero-order valence-electron chi connectivity index (χ0n) is 6.67. The third-order valence-electron chi connectivity index (χ3n) is 2.07. The summed E-state index contributed by atoms with van der Waals surface area (Å²) in [5.74, 6) is 0. The van der Waals surface area contributed by atoms with E-state index in [1.807, 2.05) is 0 Å². The molecule has 0 atom stereocenters. The van der Waals surface area contributed by atoms with E-state index in [0.717, 1.165) is 13.0 Å². The molecule has 0 unspecified atom stereocenters. The van der Waals surface area contributed by atoms with E-state index in [-0.39, 0.29) is 0 Å². The predicted octanol–water partition coefficient (Wildman–Crippen LogP) is 1.76. The molecule has 1 aromatic rings. The van der Waals surface area contributed by atoms with Crippen molar-refractivity contribution in [2.24, 2.45) is 0 Å². The average molecular weight is 145 g/mol. The quantitative estimate of drug-likeness (QED) is 0.537. The minimum atomic E-state index is 0.955. The molecule has 1 heterocycles. The van der Waals surface area contributed by atoms with Gasteiger partial charge in [-0.05, 0) is 18.1 Å². The Labute approximate surface area is 67.6 Å². The van der Waals surface area contributed by atoms with Gasteiger partial charge in [-0.2, -0.15) is 0 Å². The topological polar surface area (TPSA) is 3.24 Å². The van der Waals surface area contributed by atoms with E-state index in [0.29, 0.717) is 0 Å². The Morgan fingerprint density at radius 1 is 1.36 bits per heavy atom. The zero-order valence-corrected chi connectivity index (χ0v) is 6.67. The molecule has 0 saturated heterocycles. The zero-order chi connectivity index (χ0) is 7.68. The number of fused-ring (bicyclic) bond motifs is 1. The SMILES string of the molecule is CN1C[C]Cc2ccccc21. The smallest absolute Gasteiger partial charge is 0.0396 e. The third-order valence-corrected chi connectivity index (χ3v) is 2.07. The Morgan fingerprint density at radius 2 is 2.18 bits per heavy atom. The van der Waals surface area contributed by atoms with Gasteiger partial charge in [-0.3, -0.25) is 0 Å². The van der Waals surface area contributed by atoms with Gasteiger partial charge in [-0.1, -0.05) is 18.2 Å². The number of nitrogens with zero attached hydrogens (tertiary/aromatic N) is 1. The fourth-order valence-electron chi connectivity index (χ4n) is 1.48. The highest BCUT2D eigenvalue weighted by Gasteiger charge is 2.11. The molecular weight excluding hydrogens is 134 g/mol. The Kier molecular flexibility index (Phi) is 1.57. The Hall–Kier alpha value is -0.980. The highest BCUT2D eigenvalue weighted by atomic mass is 15.1. The fourth-order valence-corrected chi connectivity index (χ4v) is 1.48. The predicted molar refractivity (Wildman–Crippen MR) is 46.7 cm³/mol.